The van der Waals surface area contributed by atoms with Crippen molar-refractivity contribution in [1.82, 2.24) is 4.90 Å². The third-order valence-electron chi connectivity index (χ3n) is 5.01. The van der Waals surface area contributed by atoms with Gasteiger partial charge in [0.2, 0.25) is 0 Å². The van der Waals surface area contributed by atoms with Crippen molar-refractivity contribution < 1.29 is 23.9 Å². The highest BCUT2D eigenvalue weighted by Crippen LogP contribution is 2.37. The lowest BCUT2D eigenvalue weighted by Gasteiger charge is -2.32. The van der Waals surface area contributed by atoms with Crippen molar-refractivity contribution in [2.24, 2.45) is 0 Å². The van der Waals surface area contributed by atoms with Gasteiger partial charge in [-0.1, -0.05) is 54.6 Å². The number of ketones is 1. The molecule has 31 heavy (non-hydrogen) atoms. The van der Waals surface area contributed by atoms with Crippen LogP contribution in [0, 0.1) is 0 Å². The van der Waals surface area contributed by atoms with Crippen LogP contribution in [0.25, 0.3) is 0 Å². The van der Waals surface area contributed by atoms with Crippen molar-refractivity contribution in [3.05, 3.63) is 77.9 Å². The Morgan fingerprint density at radius 2 is 1.68 bits per heavy atom. The second kappa shape index (κ2) is 9.16. The van der Waals surface area contributed by atoms with Crippen molar-refractivity contribution in [2.45, 2.75) is 44.8 Å². The number of carbonyl (C=O) groups excluding carboxylic acids is 3. The minimum Gasteiger partial charge on any atom is -0.496 e. The monoisotopic (exact) mass is 421 g/mol. The Bertz CT molecular complexity index is 990. The minimum atomic E-state index is -0.760. The van der Waals surface area contributed by atoms with E-state index in [1.807, 2.05) is 24.3 Å². The molecule has 6 nitrogen and oxygen atoms in total. The summed E-state index contributed by atoms with van der Waals surface area (Å²) in [5, 5.41) is 0. The highest BCUT2D eigenvalue weighted by atomic mass is 16.6. The molecule has 0 unspecified atom stereocenters. The summed E-state index contributed by atoms with van der Waals surface area (Å²) < 4.78 is 11.0. The average molecular weight is 421 g/mol. The van der Waals surface area contributed by atoms with Crippen molar-refractivity contribution in [3.63, 3.8) is 0 Å². The summed E-state index contributed by atoms with van der Waals surface area (Å²) in [5.74, 6) is -0.468. The lowest BCUT2D eigenvalue weighted by Crippen LogP contribution is -2.45. The maximum atomic E-state index is 13.1. The number of rotatable bonds is 6. The molecule has 0 saturated heterocycles. The normalized spacial score (nSPS) is 16.8. The maximum Gasteiger partial charge on any atom is 0.417 e. The molecule has 0 spiro atoms. The minimum absolute atomic E-state index is 0.0893. The lowest BCUT2D eigenvalue weighted by molar-refractivity contribution is -0.125. The number of nitrogens with zero attached hydrogens (tertiary/aromatic N) is 1. The molecule has 0 N–H and O–H groups in total. The van der Waals surface area contributed by atoms with Gasteiger partial charge in [-0.2, -0.15) is 0 Å². The van der Waals surface area contributed by atoms with Crippen LogP contribution < -0.4 is 4.74 Å². The molecule has 0 aromatic heterocycles. The van der Waals surface area contributed by atoms with Crippen LogP contribution in [0.15, 0.2) is 66.7 Å². The molecule has 2 aromatic carbocycles. The topological polar surface area (TPSA) is 72.9 Å². The van der Waals surface area contributed by atoms with Crippen molar-refractivity contribution >= 4 is 17.8 Å². The van der Waals surface area contributed by atoms with Gasteiger partial charge < -0.3 is 9.47 Å². The largest absolute Gasteiger partial charge is 0.496 e. The van der Waals surface area contributed by atoms with Gasteiger partial charge in [-0.3, -0.25) is 9.59 Å². The van der Waals surface area contributed by atoms with E-state index < -0.39 is 29.6 Å². The first-order chi connectivity index (χ1) is 14.7. The molecule has 6 heteroatoms. The predicted molar refractivity (Wildman–Crippen MR) is 117 cm³/mol. The number of imide groups is 1. The highest BCUT2D eigenvalue weighted by Gasteiger charge is 2.41. The van der Waals surface area contributed by atoms with Crippen molar-refractivity contribution in [2.75, 3.05) is 7.11 Å². The third kappa shape index (κ3) is 5.20. The summed E-state index contributed by atoms with van der Waals surface area (Å²) in [5.41, 5.74) is 0.552. The van der Waals surface area contributed by atoms with Crippen LogP contribution in [0.5, 0.6) is 5.75 Å². The summed E-state index contributed by atoms with van der Waals surface area (Å²) in [4.78, 5) is 39.6. The molecule has 0 fully saturated rings. The number of methoxy groups -OCH3 is 1. The van der Waals surface area contributed by atoms with E-state index in [4.69, 9.17) is 9.47 Å². The smallest absolute Gasteiger partial charge is 0.417 e. The van der Waals surface area contributed by atoms with E-state index in [2.05, 4.69) is 0 Å². The van der Waals surface area contributed by atoms with Crippen molar-refractivity contribution in [3.8, 4) is 5.75 Å². The van der Waals surface area contributed by atoms with Crippen LogP contribution in [-0.2, 0) is 9.53 Å². The van der Waals surface area contributed by atoms with Gasteiger partial charge in [0.1, 0.15) is 11.4 Å². The fraction of sp³-hybridized carbons (Fsp3) is 0.320. The molecule has 162 valence electrons. The SMILES string of the molecule is COc1ccccc1[C@@H](CC(=O)c1ccccc1)[C@@H]1C=CC(=O)N1C(=O)OC(C)(C)C. The molecule has 1 heterocycles. The zero-order valence-corrected chi connectivity index (χ0v) is 18.2. The number of ether oxygens (including phenoxy) is 2. The van der Waals surface area contributed by atoms with Crippen molar-refractivity contribution in [1.29, 1.82) is 0 Å². The maximum absolute atomic E-state index is 13.1. The number of amides is 2. The Morgan fingerprint density at radius 3 is 2.32 bits per heavy atom. The fourth-order valence-corrected chi connectivity index (χ4v) is 3.66. The summed E-state index contributed by atoms with van der Waals surface area (Å²) in [6, 6.07) is 15.6. The molecule has 1 aliphatic heterocycles. The predicted octanol–water partition coefficient (Wildman–Crippen LogP) is 4.75. The van der Waals surface area contributed by atoms with Gasteiger partial charge in [0.05, 0.1) is 13.2 Å². The Balaban J connectivity index is 2.00. The van der Waals surface area contributed by atoms with Crippen LogP contribution in [0.2, 0.25) is 0 Å². The van der Waals surface area contributed by atoms with Crippen LogP contribution in [-0.4, -0.2) is 41.4 Å². The molecule has 0 saturated carbocycles. The Labute approximate surface area is 182 Å². The molecule has 2 atom stereocenters. The molecule has 2 aromatic rings. The Kier molecular flexibility index (Phi) is 6.59. The van der Waals surface area contributed by atoms with Gasteiger partial charge in [-0.05, 0) is 26.8 Å². The van der Waals surface area contributed by atoms with E-state index in [9.17, 15) is 14.4 Å². The first-order valence-corrected chi connectivity index (χ1v) is 10.2. The molecular formula is C25H27NO5. The summed E-state index contributed by atoms with van der Waals surface area (Å²) >= 11 is 0. The van der Waals surface area contributed by atoms with Crippen LogP contribution >= 0.6 is 0 Å². The summed E-state index contributed by atoms with van der Waals surface area (Å²) in [6.45, 7) is 5.22. The number of para-hydroxylation sites is 1. The van der Waals surface area contributed by atoms with E-state index in [0.717, 1.165) is 10.5 Å². The quantitative estimate of drug-likeness (QED) is 0.629. The van der Waals surface area contributed by atoms with E-state index in [1.165, 1.54) is 6.08 Å². The first-order valence-electron chi connectivity index (χ1n) is 10.2. The number of Topliss-reactive ketones (excluding diaryl/α,β-unsaturated/α-hetero) is 1. The molecule has 0 aliphatic carbocycles. The van der Waals surface area contributed by atoms with Crippen LogP contribution in [0.3, 0.4) is 0 Å². The number of hydrogen-bond acceptors (Lipinski definition) is 5. The van der Waals surface area contributed by atoms with E-state index in [1.54, 1.807) is 64.3 Å². The molecule has 2 amide bonds. The molecule has 0 radical (unpaired) electrons. The van der Waals surface area contributed by atoms with Gasteiger partial charge >= 0.3 is 6.09 Å². The average Bonchev–Trinajstić information content (AvgIpc) is 3.12. The van der Waals surface area contributed by atoms with Gasteiger partial charge in [0, 0.05) is 29.5 Å². The Morgan fingerprint density at radius 1 is 1.03 bits per heavy atom. The van der Waals surface area contributed by atoms with Crippen LogP contribution in [0.4, 0.5) is 4.79 Å². The number of benzene rings is 2. The molecule has 0 bridgehead atoms. The van der Waals surface area contributed by atoms with Gasteiger partial charge in [0.15, 0.2) is 5.78 Å². The second-order valence-electron chi connectivity index (χ2n) is 8.38. The fourth-order valence-electron chi connectivity index (χ4n) is 3.66. The van der Waals surface area contributed by atoms with E-state index in [0.29, 0.717) is 11.3 Å². The Hall–Kier alpha value is -3.41. The first kappa shape index (κ1) is 22.3. The molecule has 1 aliphatic rings. The standard InChI is InChI=1S/C25H27NO5/c1-25(2,3)31-24(29)26-20(14-15-23(26)28)19(18-12-8-9-13-22(18)30-4)16-21(27)17-10-6-5-7-11-17/h5-15,19-20H,16H2,1-4H3/t19-,20+/m1/s1. The zero-order valence-electron chi connectivity index (χ0n) is 18.2. The number of hydrogen-bond donors (Lipinski definition) is 0. The summed E-state index contributed by atoms with van der Waals surface area (Å²) in [6.07, 6.45) is 2.36. The van der Waals surface area contributed by atoms with E-state index in [-0.39, 0.29) is 12.2 Å². The zero-order chi connectivity index (χ0) is 22.6. The van der Waals surface area contributed by atoms with Crippen LogP contribution in [0.1, 0.15) is 49.0 Å². The summed E-state index contributed by atoms with van der Waals surface area (Å²) in [7, 11) is 1.55. The number of carbonyl (C=O) groups is 3. The second-order valence-corrected chi connectivity index (χ2v) is 8.38. The van der Waals surface area contributed by atoms with Gasteiger partial charge in [0.25, 0.3) is 5.91 Å². The van der Waals surface area contributed by atoms with Gasteiger partial charge in [-0.25, -0.2) is 9.69 Å². The third-order valence-corrected chi connectivity index (χ3v) is 5.01. The lowest BCUT2D eigenvalue weighted by atomic mass is 9.85. The highest BCUT2D eigenvalue weighted by molar-refractivity contribution is 6.02. The molecular weight excluding hydrogens is 394 g/mol. The molecule has 3 rings (SSSR count). The van der Waals surface area contributed by atoms with E-state index >= 15 is 0 Å². The van der Waals surface area contributed by atoms with Gasteiger partial charge in [-0.15, -0.1) is 0 Å².